The van der Waals surface area contributed by atoms with Crippen LogP contribution in [0.4, 0.5) is 0 Å². The van der Waals surface area contributed by atoms with E-state index in [0.29, 0.717) is 10.4 Å². The van der Waals surface area contributed by atoms with Crippen molar-refractivity contribution < 1.29 is 0 Å². The van der Waals surface area contributed by atoms with Crippen molar-refractivity contribution in [2.24, 2.45) is 0 Å². The Hall–Kier alpha value is -1.64. The predicted molar refractivity (Wildman–Crippen MR) is 85.4 cm³/mol. The van der Waals surface area contributed by atoms with Crippen molar-refractivity contribution in [3.63, 3.8) is 0 Å². The molecule has 19 heavy (non-hydrogen) atoms. The SMILES string of the molecule is C=Cc1cc(Cl)c2sc3c(C)cccc3c(=O)c2c1. The molecule has 0 aliphatic rings. The van der Waals surface area contributed by atoms with Crippen molar-refractivity contribution in [1.82, 2.24) is 0 Å². The van der Waals surface area contributed by atoms with Crippen LogP contribution in [0.25, 0.3) is 26.2 Å². The minimum Gasteiger partial charge on any atom is -0.289 e. The first-order valence-electron chi connectivity index (χ1n) is 5.90. The Morgan fingerprint density at radius 3 is 2.74 bits per heavy atom. The Bertz CT molecular complexity index is 877. The maximum Gasteiger partial charge on any atom is 0.195 e. The molecule has 2 aromatic carbocycles. The van der Waals surface area contributed by atoms with Crippen LogP contribution in [-0.4, -0.2) is 0 Å². The lowest BCUT2D eigenvalue weighted by Gasteiger charge is -2.06. The van der Waals surface area contributed by atoms with E-state index in [1.54, 1.807) is 17.4 Å². The molecule has 1 aromatic heterocycles. The first-order valence-corrected chi connectivity index (χ1v) is 7.09. The minimum absolute atomic E-state index is 0.0399. The molecule has 0 aliphatic heterocycles. The van der Waals surface area contributed by atoms with Crippen LogP contribution in [0.3, 0.4) is 0 Å². The lowest BCUT2D eigenvalue weighted by atomic mass is 10.1. The van der Waals surface area contributed by atoms with Gasteiger partial charge in [0.05, 0.1) is 9.72 Å². The molecule has 0 amide bonds. The largest absolute Gasteiger partial charge is 0.289 e. The average Bonchev–Trinajstić information content (AvgIpc) is 2.41. The van der Waals surface area contributed by atoms with E-state index < -0.39 is 0 Å². The summed E-state index contributed by atoms with van der Waals surface area (Å²) in [6.07, 6.45) is 1.70. The summed E-state index contributed by atoms with van der Waals surface area (Å²) in [5, 5.41) is 2.04. The van der Waals surface area contributed by atoms with E-state index in [4.69, 9.17) is 11.6 Å². The van der Waals surface area contributed by atoms with Crippen LogP contribution in [0, 0.1) is 6.92 Å². The van der Waals surface area contributed by atoms with Gasteiger partial charge in [0.25, 0.3) is 0 Å². The van der Waals surface area contributed by atoms with Gasteiger partial charge in [-0.1, -0.05) is 36.4 Å². The van der Waals surface area contributed by atoms with Gasteiger partial charge < -0.3 is 0 Å². The molecule has 0 aliphatic carbocycles. The van der Waals surface area contributed by atoms with Gasteiger partial charge in [0.15, 0.2) is 5.43 Å². The van der Waals surface area contributed by atoms with Crippen LogP contribution >= 0.6 is 22.9 Å². The highest BCUT2D eigenvalue weighted by Crippen LogP contribution is 2.32. The number of hydrogen-bond acceptors (Lipinski definition) is 2. The zero-order chi connectivity index (χ0) is 13.6. The van der Waals surface area contributed by atoms with Crippen LogP contribution < -0.4 is 5.43 Å². The van der Waals surface area contributed by atoms with Gasteiger partial charge in [-0.3, -0.25) is 4.79 Å². The molecule has 0 N–H and O–H groups in total. The number of halogens is 1. The van der Waals surface area contributed by atoms with Crippen molar-refractivity contribution in [1.29, 1.82) is 0 Å². The van der Waals surface area contributed by atoms with Crippen molar-refractivity contribution in [3.8, 4) is 0 Å². The Kier molecular flexibility index (Phi) is 2.92. The summed E-state index contributed by atoms with van der Waals surface area (Å²) in [5.74, 6) is 0. The van der Waals surface area contributed by atoms with E-state index in [1.807, 2.05) is 37.3 Å². The smallest absolute Gasteiger partial charge is 0.195 e. The number of hydrogen-bond donors (Lipinski definition) is 0. The van der Waals surface area contributed by atoms with E-state index in [1.165, 1.54) is 0 Å². The highest BCUT2D eigenvalue weighted by atomic mass is 35.5. The van der Waals surface area contributed by atoms with E-state index in [0.717, 1.165) is 25.9 Å². The standard InChI is InChI=1S/C16H11ClOS/c1-3-10-7-12-14(18)11-6-4-5-9(2)15(11)19-16(12)13(17)8-10/h3-8H,1H2,2H3. The van der Waals surface area contributed by atoms with Crippen LogP contribution in [0.15, 0.2) is 41.7 Å². The monoisotopic (exact) mass is 286 g/mol. The zero-order valence-electron chi connectivity index (χ0n) is 10.4. The summed E-state index contributed by atoms with van der Waals surface area (Å²) in [5.41, 5.74) is 2.01. The summed E-state index contributed by atoms with van der Waals surface area (Å²) >= 11 is 7.86. The second kappa shape index (κ2) is 4.48. The van der Waals surface area contributed by atoms with Crippen molar-refractivity contribution >= 4 is 49.2 Å². The highest BCUT2D eigenvalue weighted by Gasteiger charge is 2.10. The molecule has 0 saturated heterocycles. The van der Waals surface area contributed by atoms with Gasteiger partial charge in [0, 0.05) is 15.5 Å². The van der Waals surface area contributed by atoms with Gasteiger partial charge in [-0.05, 0) is 36.2 Å². The van der Waals surface area contributed by atoms with E-state index in [-0.39, 0.29) is 5.43 Å². The van der Waals surface area contributed by atoms with Crippen LogP contribution in [0.5, 0.6) is 0 Å². The maximum atomic E-state index is 12.6. The van der Waals surface area contributed by atoms with Gasteiger partial charge >= 0.3 is 0 Å². The molecule has 0 bridgehead atoms. The summed E-state index contributed by atoms with van der Waals surface area (Å²) in [4.78, 5) is 12.6. The van der Waals surface area contributed by atoms with Gasteiger partial charge in [0.2, 0.25) is 0 Å². The summed E-state index contributed by atoms with van der Waals surface area (Å²) in [6, 6.07) is 9.49. The number of benzene rings is 2. The normalized spacial score (nSPS) is 11.1. The van der Waals surface area contributed by atoms with Gasteiger partial charge in [-0.15, -0.1) is 11.3 Å². The highest BCUT2D eigenvalue weighted by molar-refractivity contribution is 7.25. The van der Waals surface area contributed by atoms with Gasteiger partial charge in [-0.25, -0.2) is 0 Å². The van der Waals surface area contributed by atoms with Gasteiger partial charge in [0.1, 0.15) is 0 Å². The molecule has 3 heteroatoms. The number of fused-ring (bicyclic) bond motifs is 2. The Morgan fingerprint density at radius 1 is 1.21 bits per heavy atom. The molecule has 0 saturated carbocycles. The molecule has 0 unspecified atom stereocenters. The fourth-order valence-corrected chi connectivity index (χ4v) is 3.68. The molecule has 94 valence electrons. The molecule has 0 spiro atoms. The fourth-order valence-electron chi connectivity index (χ4n) is 2.22. The number of aryl methyl sites for hydroxylation is 1. The summed E-state index contributed by atoms with van der Waals surface area (Å²) in [6.45, 7) is 5.74. The van der Waals surface area contributed by atoms with Crippen LogP contribution in [0.1, 0.15) is 11.1 Å². The van der Waals surface area contributed by atoms with Crippen LogP contribution in [0.2, 0.25) is 5.02 Å². The summed E-state index contributed by atoms with van der Waals surface area (Å²) in [7, 11) is 0. The lowest BCUT2D eigenvalue weighted by Crippen LogP contribution is -2.02. The van der Waals surface area contributed by atoms with Crippen molar-refractivity contribution in [2.75, 3.05) is 0 Å². The molecular weight excluding hydrogens is 276 g/mol. The van der Waals surface area contributed by atoms with Crippen molar-refractivity contribution in [3.05, 3.63) is 63.3 Å². The second-order valence-corrected chi connectivity index (χ2v) is 5.89. The molecule has 3 rings (SSSR count). The first kappa shape index (κ1) is 12.4. The Balaban J connectivity index is 2.62. The topological polar surface area (TPSA) is 17.1 Å². The second-order valence-electron chi connectivity index (χ2n) is 4.47. The molecule has 1 nitrogen and oxygen atoms in total. The Labute approximate surface area is 119 Å². The molecule has 0 atom stereocenters. The minimum atomic E-state index is 0.0399. The fraction of sp³-hybridized carbons (Fsp3) is 0.0625. The maximum absolute atomic E-state index is 12.6. The lowest BCUT2D eigenvalue weighted by molar-refractivity contribution is 1.55. The van der Waals surface area contributed by atoms with E-state index in [9.17, 15) is 4.79 Å². The van der Waals surface area contributed by atoms with Crippen LogP contribution in [-0.2, 0) is 0 Å². The quantitative estimate of drug-likeness (QED) is 0.574. The first-order chi connectivity index (χ1) is 9.11. The molecule has 1 heterocycles. The Morgan fingerprint density at radius 2 is 2.00 bits per heavy atom. The molecule has 0 fully saturated rings. The van der Waals surface area contributed by atoms with E-state index in [2.05, 4.69) is 6.58 Å². The predicted octanol–water partition coefficient (Wildman–Crippen LogP) is 5.02. The van der Waals surface area contributed by atoms with Crippen molar-refractivity contribution in [2.45, 2.75) is 6.92 Å². The van der Waals surface area contributed by atoms with Gasteiger partial charge in [-0.2, -0.15) is 0 Å². The zero-order valence-corrected chi connectivity index (χ0v) is 11.9. The number of rotatable bonds is 1. The third-order valence-corrected chi connectivity index (χ3v) is 5.01. The molecule has 3 aromatic rings. The summed E-state index contributed by atoms with van der Waals surface area (Å²) < 4.78 is 1.85. The molecular formula is C16H11ClOS. The average molecular weight is 287 g/mol. The third-order valence-electron chi connectivity index (χ3n) is 3.21. The third kappa shape index (κ3) is 1.88. The molecule has 0 radical (unpaired) electrons. The van der Waals surface area contributed by atoms with E-state index >= 15 is 0 Å².